The number of carbonyl (C=O) groups excluding carboxylic acids is 2. The van der Waals surface area contributed by atoms with Gasteiger partial charge in [0.1, 0.15) is 17.0 Å². The lowest BCUT2D eigenvalue weighted by Crippen LogP contribution is -2.57. The first-order chi connectivity index (χ1) is 17.4. The zero-order valence-corrected chi connectivity index (χ0v) is 21.8. The zero-order valence-electron chi connectivity index (χ0n) is 21.8. The normalized spacial score (nSPS) is 23.8. The summed E-state index contributed by atoms with van der Waals surface area (Å²) in [4.78, 5) is 41.3. The first kappa shape index (κ1) is 26.5. The number of benzene rings is 2. The van der Waals surface area contributed by atoms with Gasteiger partial charge in [-0.1, -0.05) is 30.3 Å². The minimum absolute atomic E-state index is 0.0192. The molecule has 9 nitrogen and oxygen atoms in total. The molecule has 0 aliphatic carbocycles. The van der Waals surface area contributed by atoms with Gasteiger partial charge >= 0.3 is 6.09 Å². The van der Waals surface area contributed by atoms with Crippen molar-refractivity contribution in [3.05, 3.63) is 69.5 Å². The molecule has 2 aliphatic heterocycles. The molecule has 10 heteroatoms. The van der Waals surface area contributed by atoms with Gasteiger partial charge in [0.25, 0.3) is 0 Å². The molecule has 1 fully saturated rings. The van der Waals surface area contributed by atoms with E-state index in [-0.39, 0.29) is 29.6 Å². The van der Waals surface area contributed by atoms with Gasteiger partial charge in [-0.3, -0.25) is 24.7 Å². The lowest BCUT2D eigenvalue weighted by molar-refractivity contribution is -0.531. The quantitative estimate of drug-likeness (QED) is 0.452. The van der Waals surface area contributed by atoms with Crippen LogP contribution in [0.3, 0.4) is 0 Å². The number of nitrogens with zero attached hydrogens (tertiary/aromatic N) is 3. The molecule has 1 N–H and O–H groups in total. The molecule has 2 amide bonds. The molecule has 2 aromatic rings. The Morgan fingerprint density at radius 2 is 1.97 bits per heavy atom. The summed E-state index contributed by atoms with van der Waals surface area (Å²) in [6.07, 6.45) is -0.197. The van der Waals surface area contributed by atoms with Crippen molar-refractivity contribution in [1.29, 1.82) is 0 Å². The fourth-order valence-electron chi connectivity index (χ4n) is 5.35. The molecule has 2 aromatic carbocycles. The number of nitrogens with one attached hydrogen (secondary N) is 1. The van der Waals surface area contributed by atoms with Crippen molar-refractivity contribution >= 4 is 23.4 Å². The van der Waals surface area contributed by atoms with E-state index in [1.54, 1.807) is 39.5 Å². The molecule has 198 valence electrons. The average Bonchev–Trinajstić information content (AvgIpc) is 3.09. The van der Waals surface area contributed by atoms with Gasteiger partial charge < -0.3 is 10.1 Å². The molecule has 1 unspecified atom stereocenters. The molecule has 1 saturated heterocycles. The Hall–Kier alpha value is -3.53. The van der Waals surface area contributed by atoms with Crippen LogP contribution in [0.2, 0.25) is 0 Å². The van der Waals surface area contributed by atoms with Crippen LogP contribution in [0.25, 0.3) is 0 Å². The third-order valence-electron chi connectivity index (χ3n) is 7.22. The predicted molar refractivity (Wildman–Crippen MR) is 138 cm³/mol. The summed E-state index contributed by atoms with van der Waals surface area (Å²) in [7, 11) is 0. The van der Waals surface area contributed by atoms with Crippen molar-refractivity contribution in [3.63, 3.8) is 0 Å². The number of halogens is 1. The Bertz CT molecular complexity index is 1220. The number of carbonyl (C=O) groups is 2. The summed E-state index contributed by atoms with van der Waals surface area (Å²) in [5, 5.41) is 14.9. The minimum atomic E-state index is -1.35. The summed E-state index contributed by atoms with van der Waals surface area (Å²) in [5.74, 6) is -1.34. The fourth-order valence-corrected chi connectivity index (χ4v) is 5.35. The van der Waals surface area contributed by atoms with Crippen LogP contribution in [0, 0.1) is 15.9 Å². The second-order valence-electron chi connectivity index (χ2n) is 10.7. The van der Waals surface area contributed by atoms with E-state index >= 15 is 4.39 Å². The number of anilines is 2. The van der Waals surface area contributed by atoms with Gasteiger partial charge in [-0.05, 0) is 58.7 Å². The van der Waals surface area contributed by atoms with Gasteiger partial charge in [-0.25, -0.2) is 9.18 Å². The van der Waals surface area contributed by atoms with Crippen LogP contribution in [0.1, 0.15) is 58.1 Å². The third kappa shape index (κ3) is 4.90. The van der Waals surface area contributed by atoms with Gasteiger partial charge in [-0.2, -0.15) is 0 Å². The Morgan fingerprint density at radius 3 is 2.57 bits per heavy atom. The van der Waals surface area contributed by atoms with Gasteiger partial charge in [0.2, 0.25) is 11.9 Å². The monoisotopic (exact) mass is 512 g/mol. The Kier molecular flexibility index (Phi) is 6.98. The summed E-state index contributed by atoms with van der Waals surface area (Å²) < 4.78 is 20.5. The van der Waals surface area contributed by atoms with Gasteiger partial charge in [-0.15, -0.1) is 0 Å². The van der Waals surface area contributed by atoms with E-state index in [1.807, 2.05) is 30.3 Å². The highest BCUT2D eigenvalue weighted by molar-refractivity contribution is 6.10. The largest absolute Gasteiger partial charge is 0.443 e. The maximum absolute atomic E-state index is 15.0. The number of fused-ring (bicyclic) bond motifs is 1. The Balaban J connectivity index is 1.72. The number of nitro groups is 1. The lowest BCUT2D eigenvalue weighted by atomic mass is 9.82. The number of rotatable bonds is 5. The molecule has 2 aliphatic rings. The number of ether oxygens (including phenoxy) is 1. The topological polar surface area (TPSA) is 105 Å². The molecule has 0 bridgehead atoms. The van der Waals surface area contributed by atoms with E-state index in [0.717, 1.165) is 5.56 Å². The molecule has 2 heterocycles. The van der Waals surface area contributed by atoms with Crippen molar-refractivity contribution in [3.8, 4) is 0 Å². The highest BCUT2D eigenvalue weighted by Crippen LogP contribution is 2.47. The highest BCUT2D eigenvalue weighted by atomic mass is 19.1. The third-order valence-corrected chi connectivity index (χ3v) is 7.22. The van der Waals surface area contributed by atoms with Crippen molar-refractivity contribution in [2.75, 3.05) is 29.9 Å². The van der Waals surface area contributed by atoms with Crippen LogP contribution < -0.4 is 10.2 Å². The SMILES string of the molecule is CCN(C(=O)OC(C)(C)C)c1cc(F)cc2c1NC(=O)C2(C)N1CC[C@H](c2ccccc2)[C@@H]([N+](=O)[O-])C1. The van der Waals surface area contributed by atoms with E-state index in [9.17, 15) is 19.7 Å². The van der Waals surface area contributed by atoms with E-state index in [2.05, 4.69) is 5.32 Å². The molecule has 37 heavy (non-hydrogen) atoms. The van der Waals surface area contributed by atoms with Crippen molar-refractivity contribution in [2.45, 2.75) is 64.1 Å². The maximum atomic E-state index is 15.0. The molecule has 3 atom stereocenters. The van der Waals surface area contributed by atoms with Crippen molar-refractivity contribution < 1.29 is 23.6 Å². The first-order valence-corrected chi connectivity index (χ1v) is 12.5. The number of amides is 2. The molecular weight excluding hydrogens is 479 g/mol. The number of piperidine rings is 1. The van der Waals surface area contributed by atoms with Crippen LogP contribution in [0.4, 0.5) is 20.6 Å². The molecule has 0 spiro atoms. The van der Waals surface area contributed by atoms with E-state index in [4.69, 9.17) is 4.74 Å². The molecule has 0 radical (unpaired) electrons. The minimum Gasteiger partial charge on any atom is -0.443 e. The Labute approximate surface area is 215 Å². The molecule has 0 saturated carbocycles. The van der Waals surface area contributed by atoms with Gasteiger partial charge in [0, 0.05) is 23.6 Å². The predicted octanol–water partition coefficient (Wildman–Crippen LogP) is 4.89. The smallest absolute Gasteiger partial charge is 0.414 e. The standard InChI is InChI=1S/C27H33FN4O5/c1-6-31(25(34)37-26(2,3)4)21-15-18(28)14-20-23(21)29-24(33)27(20,5)30-13-12-19(22(16-30)32(35)36)17-10-8-7-9-11-17/h7-11,14-15,19,22H,6,12-13,16H2,1-5H3,(H,29,33)/t19-,22+,27?/m1/s1. The fraction of sp³-hybridized carbons (Fsp3) is 0.481. The summed E-state index contributed by atoms with van der Waals surface area (Å²) >= 11 is 0. The number of likely N-dealkylation sites (tertiary alicyclic amines) is 1. The number of hydrogen-bond donors (Lipinski definition) is 1. The van der Waals surface area contributed by atoms with E-state index < -0.39 is 35.0 Å². The average molecular weight is 513 g/mol. The first-order valence-electron chi connectivity index (χ1n) is 12.5. The van der Waals surface area contributed by atoms with Gasteiger partial charge in [0.15, 0.2) is 0 Å². The van der Waals surface area contributed by atoms with E-state index in [0.29, 0.717) is 24.2 Å². The summed E-state index contributed by atoms with van der Waals surface area (Å²) in [5.41, 5.74) is -0.392. The van der Waals surface area contributed by atoms with Crippen molar-refractivity contribution in [2.24, 2.45) is 0 Å². The van der Waals surface area contributed by atoms with Crippen molar-refractivity contribution in [1.82, 2.24) is 4.90 Å². The highest BCUT2D eigenvalue weighted by Gasteiger charge is 2.53. The zero-order chi connectivity index (χ0) is 27.1. The van der Waals surface area contributed by atoms with Crippen LogP contribution in [-0.4, -0.2) is 53.1 Å². The van der Waals surface area contributed by atoms with Crippen LogP contribution in [-0.2, 0) is 15.1 Å². The number of hydrogen-bond acceptors (Lipinski definition) is 6. The summed E-state index contributed by atoms with van der Waals surface area (Å²) in [6.45, 7) is 9.20. The van der Waals surface area contributed by atoms with E-state index in [1.165, 1.54) is 17.0 Å². The lowest BCUT2D eigenvalue weighted by Gasteiger charge is -2.42. The molecular formula is C27H33FN4O5. The maximum Gasteiger partial charge on any atom is 0.414 e. The van der Waals surface area contributed by atoms with Gasteiger partial charge in [0.05, 0.1) is 23.8 Å². The Morgan fingerprint density at radius 1 is 1.30 bits per heavy atom. The molecule has 0 aromatic heterocycles. The molecule has 4 rings (SSSR count). The van der Waals surface area contributed by atoms with Crippen LogP contribution in [0.5, 0.6) is 0 Å². The second-order valence-corrected chi connectivity index (χ2v) is 10.7. The second kappa shape index (κ2) is 9.74. The van der Waals surface area contributed by atoms with Crippen LogP contribution >= 0.6 is 0 Å². The van der Waals surface area contributed by atoms with Crippen LogP contribution in [0.15, 0.2) is 42.5 Å². The summed E-state index contributed by atoms with van der Waals surface area (Å²) in [6, 6.07) is 10.9.